The third-order valence-corrected chi connectivity index (χ3v) is 2.11. The van der Waals surface area contributed by atoms with Crippen molar-refractivity contribution >= 4 is 23.3 Å². The Bertz CT molecular complexity index is 500. The summed E-state index contributed by atoms with van der Waals surface area (Å²) >= 11 is 5.59. The smallest absolute Gasteiger partial charge is 0.227 e. The van der Waals surface area contributed by atoms with Gasteiger partial charge in [0.1, 0.15) is 18.5 Å². The van der Waals surface area contributed by atoms with E-state index in [1.807, 2.05) is 0 Å². The molecular formula is C9H9ClN6O. The highest BCUT2D eigenvalue weighted by Crippen LogP contribution is 2.06. The zero-order valence-electron chi connectivity index (χ0n) is 8.75. The first-order valence-corrected chi connectivity index (χ1v) is 5.22. The van der Waals surface area contributed by atoms with Gasteiger partial charge in [-0.3, -0.25) is 9.48 Å². The molecule has 0 saturated heterocycles. The van der Waals surface area contributed by atoms with Crippen molar-refractivity contribution in [1.29, 1.82) is 0 Å². The lowest BCUT2D eigenvalue weighted by atomic mass is 10.4. The van der Waals surface area contributed by atoms with Gasteiger partial charge in [0, 0.05) is 12.6 Å². The van der Waals surface area contributed by atoms with Gasteiger partial charge in [-0.2, -0.15) is 5.10 Å². The molecule has 0 aliphatic rings. The molecule has 0 bridgehead atoms. The molecule has 0 atom stereocenters. The highest BCUT2D eigenvalue weighted by Gasteiger charge is 2.04. The number of amides is 1. The van der Waals surface area contributed by atoms with Gasteiger partial charge in [-0.25, -0.2) is 15.0 Å². The predicted molar refractivity (Wildman–Crippen MR) is 60.3 cm³/mol. The summed E-state index contributed by atoms with van der Waals surface area (Å²) in [6.07, 6.45) is 4.73. The normalized spacial score (nSPS) is 10.2. The van der Waals surface area contributed by atoms with E-state index in [9.17, 15) is 4.79 Å². The van der Waals surface area contributed by atoms with E-state index in [2.05, 4.69) is 25.4 Å². The summed E-state index contributed by atoms with van der Waals surface area (Å²) in [7, 11) is 0. The van der Waals surface area contributed by atoms with Gasteiger partial charge in [-0.15, -0.1) is 0 Å². The van der Waals surface area contributed by atoms with Gasteiger partial charge in [0.05, 0.1) is 6.54 Å². The lowest BCUT2D eigenvalue weighted by Gasteiger charge is -2.03. The largest absolute Gasteiger partial charge is 0.310 e. The van der Waals surface area contributed by atoms with Crippen molar-refractivity contribution in [2.24, 2.45) is 0 Å². The fourth-order valence-corrected chi connectivity index (χ4v) is 1.32. The Morgan fingerprint density at radius 2 is 2.41 bits per heavy atom. The van der Waals surface area contributed by atoms with Crippen molar-refractivity contribution in [2.75, 3.05) is 5.32 Å². The highest BCUT2D eigenvalue weighted by atomic mass is 35.5. The second-order valence-corrected chi connectivity index (χ2v) is 3.51. The Labute approximate surface area is 102 Å². The van der Waals surface area contributed by atoms with Crippen molar-refractivity contribution in [3.63, 3.8) is 0 Å². The van der Waals surface area contributed by atoms with E-state index in [-0.39, 0.29) is 17.6 Å². The number of rotatable bonds is 4. The van der Waals surface area contributed by atoms with Crippen molar-refractivity contribution in [1.82, 2.24) is 24.7 Å². The molecule has 8 heteroatoms. The number of halogens is 1. The number of hydrogen-bond acceptors (Lipinski definition) is 5. The van der Waals surface area contributed by atoms with Crippen LogP contribution in [0.3, 0.4) is 0 Å². The van der Waals surface area contributed by atoms with Gasteiger partial charge in [0.25, 0.3) is 0 Å². The van der Waals surface area contributed by atoms with E-state index < -0.39 is 0 Å². The van der Waals surface area contributed by atoms with E-state index in [0.29, 0.717) is 12.4 Å². The van der Waals surface area contributed by atoms with E-state index in [1.54, 1.807) is 17.1 Å². The third-order valence-electron chi connectivity index (χ3n) is 1.93. The second-order valence-electron chi connectivity index (χ2n) is 3.17. The fourth-order valence-electron chi connectivity index (χ4n) is 1.17. The van der Waals surface area contributed by atoms with Crippen LogP contribution in [0.2, 0.25) is 5.28 Å². The van der Waals surface area contributed by atoms with E-state index in [1.165, 1.54) is 12.5 Å². The molecule has 0 fully saturated rings. The molecule has 17 heavy (non-hydrogen) atoms. The number of anilines is 1. The van der Waals surface area contributed by atoms with Gasteiger partial charge in [-0.1, -0.05) is 0 Å². The van der Waals surface area contributed by atoms with E-state index in [0.717, 1.165) is 0 Å². The number of nitrogens with one attached hydrogen (secondary N) is 1. The number of carbonyl (C=O) groups is 1. The molecule has 0 spiro atoms. The minimum Gasteiger partial charge on any atom is -0.310 e. The Hall–Kier alpha value is -2.02. The zero-order valence-corrected chi connectivity index (χ0v) is 9.50. The molecule has 7 nitrogen and oxygen atoms in total. The molecule has 1 amide bonds. The maximum Gasteiger partial charge on any atom is 0.227 e. The number of carbonyl (C=O) groups excluding carboxylic acids is 1. The van der Waals surface area contributed by atoms with E-state index in [4.69, 9.17) is 11.6 Å². The van der Waals surface area contributed by atoms with Crippen molar-refractivity contribution in [3.8, 4) is 0 Å². The van der Waals surface area contributed by atoms with E-state index >= 15 is 0 Å². The quantitative estimate of drug-likeness (QED) is 0.812. The number of aryl methyl sites for hydroxylation is 1. The van der Waals surface area contributed by atoms with Crippen LogP contribution in [-0.4, -0.2) is 30.6 Å². The van der Waals surface area contributed by atoms with Crippen LogP contribution in [0.25, 0.3) is 0 Å². The first kappa shape index (κ1) is 11.5. The Kier molecular flexibility index (Phi) is 3.61. The average Bonchev–Trinajstić information content (AvgIpc) is 2.79. The van der Waals surface area contributed by atoms with Crippen molar-refractivity contribution < 1.29 is 4.79 Å². The molecule has 2 aromatic rings. The van der Waals surface area contributed by atoms with Crippen LogP contribution < -0.4 is 5.32 Å². The molecule has 2 aromatic heterocycles. The summed E-state index contributed by atoms with van der Waals surface area (Å²) in [5.74, 6) is 0.212. The second kappa shape index (κ2) is 5.35. The van der Waals surface area contributed by atoms with Gasteiger partial charge in [0.15, 0.2) is 0 Å². The highest BCUT2D eigenvalue weighted by molar-refractivity contribution is 6.28. The fraction of sp³-hybridized carbons (Fsp3) is 0.222. The number of nitrogens with zero attached hydrogens (tertiary/aromatic N) is 5. The van der Waals surface area contributed by atoms with Crippen LogP contribution in [0.5, 0.6) is 0 Å². The molecule has 2 heterocycles. The molecule has 0 unspecified atom stereocenters. The minimum absolute atomic E-state index is 0.0964. The lowest BCUT2D eigenvalue weighted by molar-refractivity contribution is -0.116. The van der Waals surface area contributed by atoms with Crippen LogP contribution >= 0.6 is 11.6 Å². The summed E-state index contributed by atoms with van der Waals surface area (Å²) < 4.78 is 1.58. The summed E-state index contributed by atoms with van der Waals surface area (Å²) in [4.78, 5) is 22.9. The lowest BCUT2D eigenvalue weighted by Crippen LogP contribution is -2.15. The number of hydrogen-bond donors (Lipinski definition) is 1. The average molecular weight is 253 g/mol. The molecule has 2 rings (SSSR count). The molecule has 0 radical (unpaired) electrons. The number of aromatic nitrogens is 5. The SMILES string of the molecule is O=C(CCn1cncn1)Nc1ccnc(Cl)n1. The Balaban J connectivity index is 1.85. The molecule has 0 aromatic carbocycles. The first-order valence-electron chi connectivity index (χ1n) is 4.85. The molecule has 0 aliphatic heterocycles. The minimum atomic E-state index is -0.171. The van der Waals surface area contributed by atoms with Crippen LogP contribution in [0.15, 0.2) is 24.9 Å². The maximum absolute atomic E-state index is 11.5. The molecule has 1 N–H and O–H groups in total. The summed E-state index contributed by atoms with van der Waals surface area (Å²) in [5.41, 5.74) is 0. The van der Waals surface area contributed by atoms with Gasteiger partial charge < -0.3 is 5.32 Å². The molecule has 0 saturated carbocycles. The third kappa shape index (κ3) is 3.49. The van der Waals surface area contributed by atoms with Crippen LogP contribution in [0.1, 0.15) is 6.42 Å². The summed E-state index contributed by atoms with van der Waals surface area (Å²) in [6, 6.07) is 1.57. The monoisotopic (exact) mass is 252 g/mol. The Morgan fingerprint density at radius 3 is 3.12 bits per heavy atom. The van der Waals surface area contributed by atoms with Gasteiger partial charge in [0.2, 0.25) is 11.2 Å². The van der Waals surface area contributed by atoms with Crippen LogP contribution in [-0.2, 0) is 11.3 Å². The molecule has 88 valence electrons. The molecular weight excluding hydrogens is 244 g/mol. The maximum atomic E-state index is 11.5. The standard InChI is InChI=1S/C9H9ClN6O/c10-9-12-3-1-7(15-9)14-8(17)2-4-16-6-11-5-13-16/h1,3,5-6H,2,4H2,(H,12,14,15,17). The Morgan fingerprint density at radius 1 is 1.53 bits per heavy atom. The van der Waals surface area contributed by atoms with Crippen molar-refractivity contribution in [2.45, 2.75) is 13.0 Å². The van der Waals surface area contributed by atoms with Crippen LogP contribution in [0, 0.1) is 0 Å². The zero-order chi connectivity index (χ0) is 12.1. The van der Waals surface area contributed by atoms with Crippen molar-refractivity contribution in [3.05, 3.63) is 30.2 Å². The molecule has 0 aliphatic carbocycles. The van der Waals surface area contributed by atoms with Crippen LogP contribution in [0.4, 0.5) is 5.82 Å². The summed E-state index contributed by atoms with van der Waals surface area (Å²) in [6.45, 7) is 0.463. The predicted octanol–water partition coefficient (Wildman–Crippen LogP) is 0.750. The summed E-state index contributed by atoms with van der Waals surface area (Å²) in [5, 5.41) is 6.59. The first-order chi connectivity index (χ1) is 8.24. The van der Waals surface area contributed by atoms with Gasteiger partial charge >= 0.3 is 0 Å². The topological polar surface area (TPSA) is 85.6 Å². The van der Waals surface area contributed by atoms with Gasteiger partial charge in [-0.05, 0) is 17.7 Å².